The molecule has 0 radical (unpaired) electrons. The van der Waals surface area contributed by atoms with Crippen LogP contribution in [0.3, 0.4) is 0 Å². The number of anilines is 4. The van der Waals surface area contributed by atoms with Crippen molar-refractivity contribution in [1.82, 2.24) is 0 Å². The highest BCUT2D eigenvalue weighted by Crippen LogP contribution is 2.56. The molecule has 0 heterocycles. The van der Waals surface area contributed by atoms with Crippen molar-refractivity contribution in [3.8, 4) is 11.1 Å². The Bertz CT molecular complexity index is 1130. The Morgan fingerprint density at radius 1 is 0.414 bits per heavy atom. The summed E-state index contributed by atoms with van der Waals surface area (Å²) in [6, 6.07) is 28.3. The molecule has 0 saturated carbocycles. The van der Waals surface area contributed by atoms with E-state index in [0.717, 1.165) is 56.1 Å². The number of benzene rings is 4. The lowest BCUT2D eigenvalue weighted by molar-refractivity contribution is 0.769. The predicted octanol–water partition coefficient (Wildman–Crippen LogP) is 4.38. The molecule has 5 rings (SSSR count). The third kappa shape index (κ3) is 2.39. The summed E-state index contributed by atoms with van der Waals surface area (Å²) in [5, 5.41) is 0. The lowest BCUT2D eigenvalue weighted by Gasteiger charge is -2.34. The standard InChI is InChI=1S/C25H22N4/c26-17-5-1-15(2-6-17)25(16-3-7-18(27)8-4-16)23-13-19(28)9-11-21(23)22-12-10-20(29)14-24(22)25/h1-14H,26-29H2. The first-order chi connectivity index (χ1) is 14.0. The Hall–Kier alpha value is -3.92. The molecule has 142 valence electrons. The quantitative estimate of drug-likeness (QED) is 0.342. The number of rotatable bonds is 2. The summed E-state index contributed by atoms with van der Waals surface area (Å²) in [7, 11) is 0. The number of hydrogen-bond acceptors (Lipinski definition) is 4. The molecule has 29 heavy (non-hydrogen) atoms. The average molecular weight is 378 g/mol. The molecule has 0 amide bonds. The molecule has 0 fully saturated rings. The SMILES string of the molecule is Nc1ccc(C2(c3ccc(N)cc3)c3cc(N)ccc3-c3ccc(N)cc32)cc1. The van der Waals surface area contributed by atoms with Gasteiger partial charge in [0.05, 0.1) is 5.41 Å². The van der Waals surface area contributed by atoms with Crippen molar-refractivity contribution in [3.05, 3.63) is 107 Å². The fourth-order valence-electron chi connectivity index (χ4n) is 4.61. The Kier molecular flexibility index (Phi) is 3.58. The van der Waals surface area contributed by atoms with Crippen LogP contribution in [0, 0.1) is 0 Å². The largest absolute Gasteiger partial charge is 0.399 e. The maximum absolute atomic E-state index is 6.26. The first-order valence-corrected chi connectivity index (χ1v) is 9.52. The van der Waals surface area contributed by atoms with Crippen LogP contribution < -0.4 is 22.9 Å². The smallest absolute Gasteiger partial charge is 0.0715 e. The van der Waals surface area contributed by atoms with E-state index < -0.39 is 5.41 Å². The highest BCUT2D eigenvalue weighted by Gasteiger charge is 2.46. The van der Waals surface area contributed by atoms with Crippen LogP contribution in [0.5, 0.6) is 0 Å². The average Bonchev–Trinajstić information content (AvgIpc) is 2.99. The Morgan fingerprint density at radius 3 is 1.14 bits per heavy atom. The van der Waals surface area contributed by atoms with Gasteiger partial charge in [-0.15, -0.1) is 0 Å². The van der Waals surface area contributed by atoms with Crippen molar-refractivity contribution in [1.29, 1.82) is 0 Å². The Labute approximate surface area is 169 Å². The van der Waals surface area contributed by atoms with Crippen molar-refractivity contribution in [2.24, 2.45) is 0 Å². The fraction of sp³-hybridized carbons (Fsp3) is 0.0400. The summed E-state index contributed by atoms with van der Waals surface area (Å²) in [6.45, 7) is 0. The minimum Gasteiger partial charge on any atom is -0.399 e. The van der Waals surface area contributed by atoms with Crippen molar-refractivity contribution >= 4 is 22.7 Å². The van der Waals surface area contributed by atoms with E-state index in [1.807, 2.05) is 36.4 Å². The molecular formula is C25H22N4. The van der Waals surface area contributed by atoms with Gasteiger partial charge < -0.3 is 22.9 Å². The molecule has 0 bridgehead atoms. The maximum Gasteiger partial charge on any atom is 0.0715 e. The van der Waals surface area contributed by atoms with Gasteiger partial charge in [-0.25, -0.2) is 0 Å². The summed E-state index contributed by atoms with van der Waals surface area (Å²) >= 11 is 0. The van der Waals surface area contributed by atoms with Crippen LogP contribution in [0.1, 0.15) is 22.3 Å². The van der Waals surface area contributed by atoms with Crippen molar-refractivity contribution < 1.29 is 0 Å². The molecule has 8 N–H and O–H groups in total. The second-order valence-electron chi connectivity index (χ2n) is 7.60. The van der Waals surface area contributed by atoms with Crippen LogP contribution in [-0.4, -0.2) is 0 Å². The Balaban J connectivity index is 1.97. The van der Waals surface area contributed by atoms with Gasteiger partial charge >= 0.3 is 0 Å². The van der Waals surface area contributed by atoms with E-state index in [0.29, 0.717) is 0 Å². The highest BCUT2D eigenvalue weighted by atomic mass is 14.6. The van der Waals surface area contributed by atoms with E-state index in [9.17, 15) is 0 Å². The van der Waals surface area contributed by atoms with Crippen LogP contribution in [-0.2, 0) is 5.41 Å². The van der Waals surface area contributed by atoms with Crippen LogP contribution in [0.15, 0.2) is 84.9 Å². The molecular weight excluding hydrogens is 356 g/mol. The van der Waals surface area contributed by atoms with Gasteiger partial charge in [-0.3, -0.25) is 0 Å². The molecule has 4 nitrogen and oxygen atoms in total. The first-order valence-electron chi connectivity index (χ1n) is 9.52. The lowest BCUT2D eigenvalue weighted by atomic mass is 9.67. The predicted molar refractivity (Wildman–Crippen MR) is 121 cm³/mol. The molecule has 4 heteroatoms. The number of nitrogen functional groups attached to an aromatic ring is 4. The second kappa shape index (κ2) is 6.04. The zero-order valence-corrected chi connectivity index (χ0v) is 15.9. The van der Waals surface area contributed by atoms with E-state index in [1.165, 1.54) is 0 Å². The molecule has 4 aromatic carbocycles. The van der Waals surface area contributed by atoms with Crippen molar-refractivity contribution in [2.45, 2.75) is 5.41 Å². The summed E-state index contributed by atoms with van der Waals surface area (Å²) in [5.41, 5.74) is 33.6. The molecule has 1 aliphatic carbocycles. The highest BCUT2D eigenvalue weighted by molar-refractivity contribution is 5.88. The van der Waals surface area contributed by atoms with Gasteiger partial charge in [0.25, 0.3) is 0 Å². The molecule has 1 aliphatic rings. The van der Waals surface area contributed by atoms with Gasteiger partial charge in [0.1, 0.15) is 0 Å². The Morgan fingerprint density at radius 2 is 0.759 bits per heavy atom. The van der Waals surface area contributed by atoms with Crippen LogP contribution in [0.2, 0.25) is 0 Å². The van der Waals surface area contributed by atoms with Gasteiger partial charge in [-0.1, -0.05) is 36.4 Å². The third-order valence-corrected chi connectivity index (χ3v) is 5.87. The second-order valence-corrected chi connectivity index (χ2v) is 7.60. The number of hydrogen-bond donors (Lipinski definition) is 4. The minimum absolute atomic E-state index is 0.559. The molecule has 0 saturated heterocycles. The van der Waals surface area contributed by atoms with Crippen molar-refractivity contribution in [3.63, 3.8) is 0 Å². The monoisotopic (exact) mass is 378 g/mol. The van der Waals surface area contributed by atoms with E-state index in [2.05, 4.69) is 48.5 Å². The molecule has 0 aromatic heterocycles. The van der Waals surface area contributed by atoms with Gasteiger partial charge in [0.15, 0.2) is 0 Å². The zero-order chi connectivity index (χ0) is 20.2. The molecule has 0 atom stereocenters. The minimum atomic E-state index is -0.559. The number of nitrogens with two attached hydrogens (primary N) is 4. The topological polar surface area (TPSA) is 104 Å². The zero-order valence-electron chi connectivity index (χ0n) is 15.9. The fourth-order valence-corrected chi connectivity index (χ4v) is 4.61. The lowest BCUT2D eigenvalue weighted by Crippen LogP contribution is -2.28. The van der Waals surface area contributed by atoms with Crippen LogP contribution in [0.4, 0.5) is 22.7 Å². The first kappa shape index (κ1) is 17.2. The van der Waals surface area contributed by atoms with Crippen LogP contribution in [0.25, 0.3) is 11.1 Å². The van der Waals surface area contributed by atoms with Gasteiger partial charge in [-0.2, -0.15) is 0 Å². The van der Waals surface area contributed by atoms with E-state index in [-0.39, 0.29) is 0 Å². The van der Waals surface area contributed by atoms with E-state index in [4.69, 9.17) is 22.9 Å². The summed E-state index contributed by atoms with van der Waals surface area (Å²) in [4.78, 5) is 0. The van der Waals surface area contributed by atoms with E-state index in [1.54, 1.807) is 0 Å². The van der Waals surface area contributed by atoms with Gasteiger partial charge in [-0.05, 0) is 81.9 Å². The van der Waals surface area contributed by atoms with E-state index >= 15 is 0 Å². The summed E-state index contributed by atoms with van der Waals surface area (Å²) in [5.74, 6) is 0. The number of fused-ring (bicyclic) bond motifs is 3. The maximum atomic E-state index is 6.26. The molecule has 0 aliphatic heterocycles. The molecule has 0 unspecified atom stereocenters. The summed E-state index contributed by atoms with van der Waals surface area (Å²) < 4.78 is 0. The van der Waals surface area contributed by atoms with Crippen LogP contribution >= 0.6 is 0 Å². The summed E-state index contributed by atoms with van der Waals surface area (Å²) in [6.07, 6.45) is 0. The van der Waals surface area contributed by atoms with Gasteiger partial charge in [0.2, 0.25) is 0 Å². The molecule has 4 aromatic rings. The molecule has 0 spiro atoms. The van der Waals surface area contributed by atoms with Crippen molar-refractivity contribution in [2.75, 3.05) is 22.9 Å². The van der Waals surface area contributed by atoms with Gasteiger partial charge in [0, 0.05) is 22.7 Å². The normalized spacial score (nSPS) is 13.7. The third-order valence-electron chi connectivity index (χ3n) is 5.87.